The number of hydrogen-bond acceptors (Lipinski definition) is 2. The summed E-state index contributed by atoms with van der Waals surface area (Å²) in [5.74, 6) is -0.818. The smallest absolute Gasteiger partial charge is 0.306 e. The predicted octanol–water partition coefficient (Wildman–Crippen LogP) is 2.58. The van der Waals surface area contributed by atoms with Crippen molar-refractivity contribution >= 4 is 11.7 Å². The van der Waals surface area contributed by atoms with Gasteiger partial charge in [0, 0.05) is 11.7 Å². The summed E-state index contributed by atoms with van der Waals surface area (Å²) in [7, 11) is 0. The molecule has 1 aliphatic carbocycles. The monoisotopic (exact) mass is 219 g/mol. The van der Waals surface area contributed by atoms with Crippen molar-refractivity contribution < 1.29 is 9.90 Å². The van der Waals surface area contributed by atoms with Crippen LogP contribution in [0, 0.1) is 19.8 Å². The first-order valence-corrected chi connectivity index (χ1v) is 5.63. The zero-order valence-electron chi connectivity index (χ0n) is 9.66. The molecule has 86 valence electrons. The number of carboxylic acids is 1. The molecule has 3 nitrogen and oxygen atoms in total. The molecule has 0 unspecified atom stereocenters. The Balaban J connectivity index is 1.97. The summed E-state index contributed by atoms with van der Waals surface area (Å²) in [4.78, 5) is 10.7. The quantitative estimate of drug-likeness (QED) is 0.821. The number of aryl methyl sites for hydroxylation is 1. The van der Waals surface area contributed by atoms with Crippen molar-refractivity contribution in [2.24, 2.45) is 5.92 Å². The lowest BCUT2D eigenvalue weighted by molar-refractivity contribution is -0.144. The van der Waals surface area contributed by atoms with E-state index in [1.807, 2.05) is 6.07 Å². The number of carboxylic acid groups (broad SMARTS) is 1. The van der Waals surface area contributed by atoms with Crippen LogP contribution in [-0.2, 0) is 4.79 Å². The fraction of sp³-hybridized carbons (Fsp3) is 0.462. The van der Waals surface area contributed by atoms with Gasteiger partial charge in [-0.25, -0.2) is 0 Å². The average Bonchev–Trinajstić information content (AvgIpc) is 2.16. The van der Waals surface area contributed by atoms with Crippen LogP contribution in [-0.4, -0.2) is 17.1 Å². The maximum absolute atomic E-state index is 10.7. The molecule has 1 aromatic carbocycles. The van der Waals surface area contributed by atoms with Crippen LogP contribution in [0.4, 0.5) is 5.69 Å². The molecule has 0 amide bonds. The topological polar surface area (TPSA) is 49.3 Å². The summed E-state index contributed by atoms with van der Waals surface area (Å²) in [6, 6.07) is 6.48. The molecular weight excluding hydrogens is 202 g/mol. The molecule has 0 radical (unpaired) electrons. The molecule has 0 aliphatic heterocycles. The lowest BCUT2D eigenvalue weighted by Crippen LogP contribution is -2.39. The minimum atomic E-state index is -0.668. The molecule has 0 aromatic heterocycles. The molecule has 2 N–H and O–H groups in total. The first-order valence-electron chi connectivity index (χ1n) is 5.63. The number of rotatable bonds is 3. The number of hydrogen-bond donors (Lipinski definition) is 2. The largest absolute Gasteiger partial charge is 0.481 e. The van der Waals surface area contributed by atoms with Crippen molar-refractivity contribution in [1.29, 1.82) is 0 Å². The molecule has 0 atom stereocenters. The highest BCUT2D eigenvalue weighted by molar-refractivity contribution is 5.71. The minimum absolute atomic E-state index is 0.150. The SMILES string of the molecule is Cc1cccc(NC2CC(C(=O)O)C2)c1C. The van der Waals surface area contributed by atoms with E-state index < -0.39 is 5.97 Å². The van der Waals surface area contributed by atoms with Gasteiger partial charge in [0.2, 0.25) is 0 Å². The van der Waals surface area contributed by atoms with Crippen LogP contribution in [0.1, 0.15) is 24.0 Å². The molecule has 0 heterocycles. The van der Waals surface area contributed by atoms with Gasteiger partial charge in [0.1, 0.15) is 0 Å². The van der Waals surface area contributed by atoms with Gasteiger partial charge in [0.05, 0.1) is 5.92 Å². The number of aliphatic carboxylic acids is 1. The number of benzene rings is 1. The van der Waals surface area contributed by atoms with Gasteiger partial charge in [0.25, 0.3) is 0 Å². The van der Waals surface area contributed by atoms with Crippen molar-refractivity contribution in [3.05, 3.63) is 29.3 Å². The second-order valence-corrected chi connectivity index (χ2v) is 4.60. The first-order chi connectivity index (χ1) is 7.58. The predicted molar refractivity (Wildman–Crippen MR) is 63.7 cm³/mol. The van der Waals surface area contributed by atoms with Crippen molar-refractivity contribution in [3.8, 4) is 0 Å². The van der Waals surface area contributed by atoms with Crippen molar-refractivity contribution in [3.63, 3.8) is 0 Å². The average molecular weight is 219 g/mol. The van der Waals surface area contributed by atoms with Crippen molar-refractivity contribution in [2.45, 2.75) is 32.7 Å². The van der Waals surface area contributed by atoms with Crippen LogP contribution in [0.25, 0.3) is 0 Å². The van der Waals surface area contributed by atoms with Crippen LogP contribution >= 0.6 is 0 Å². The highest BCUT2D eigenvalue weighted by Crippen LogP contribution is 2.31. The van der Waals surface area contributed by atoms with Crippen LogP contribution in [0.5, 0.6) is 0 Å². The van der Waals surface area contributed by atoms with E-state index in [0.717, 1.165) is 18.5 Å². The fourth-order valence-corrected chi connectivity index (χ4v) is 2.06. The molecule has 1 aromatic rings. The minimum Gasteiger partial charge on any atom is -0.481 e. The molecule has 3 heteroatoms. The Hall–Kier alpha value is -1.51. The Bertz CT molecular complexity index is 408. The van der Waals surface area contributed by atoms with E-state index in [9.17, 15) is 4.79 Å². The standard InChI is InChI=1S/C13H17NO2/c1-8-4-3-5-12(9(8)2)14-11-6-10(7-11)13(15)16/h3-5,10-11,14H,6-7H2,1-2H3,(H,15,16). The third-order valence-corrected chi connectivity index (χ3v) is 3.45. The molecule has 1 aliphatic rings. The molecule has 2 rings (SSSR count). The summed E-state index contributed by atoms with van der Waals surface area (Å²) >= 11 is 0. The van der Waals surface area contributed by atoms with E-state index in [2.05, 4.69) is 31.3 Å². The van der Waals surface area contributed by atoms with Gasteiger partial charge < -0.3 is 10.4 Å². The lowest BCUT2D eigenvalue weighted by Gasteiger charge is -2.34. The van der Waals surface area contributed by atoms with Crippen LogP contribution < -0.4 is 5.32 Å². The van der Waals surface area contributed by atoms with E-state index in [-0.39, 0.29) is 5.92 Å². The Labute approximate surface area is 95.5 Å². The molecule has 16 heavy (non-hydrogen) atoms. The second-order valence-electron chi connectivity index (χ2n) is 4.60. The highest BCUT2D eigenvalue weighted by atomic mass is 16.4. The van der Waals surface area contributed by atoms with E-state index >= 15 is 0 Å². The maximum Gasteiger partial charge on any atom is 0.306 e. The van der Waals surface area contributed by atoms with E-state index in [1.54, 1.807) is 0 Å². The molecule has 0 spiro atoms. The summed E-state index contributed by atoms with van der Waals surface area (Å²) in [6.07, 6.45) is 1.48. The summed E-state index contributed by atoms with van der Waals surface area (Å²) in [6.45, 7) is 4.17. The number of nitrogens with one attached hydrogen (secondary N) is 1. The lowest BCUT2D eigenvalue weighted by atomic mass is 9.80. The van der Waals surface area contributed by atoms with Gasteiger partial charge in [-0.1, -0.05) is 12.1 Å². The highest BCUT2D eigenvalue weighted by Gasteiger charge is 2.34. The summed E-state index contributed by atoms with van der Waals surface area (Å²) in [5.41, 5.74) is 3.65. The first kappa shape index (κ1) is 11.0. The molecule has 1 fully saturated rings. The second kappa shape index (κ2) is 4.16. The van der Waals surface area contributed by atoms with E-state index in [0.29, 0.717) is 6.04 Å². The van der Waals surface area contributed by atoms with Gasteiger partial charge in [0.15, 0.2) is 0 Å². The fourth-order valence-electron chi connectivity index (χ4n) is 2.06. The Morgan fingerprint density at radius 1 is 1.38 bits per heavy atom. The summed E-state index contributed by atoms with van der Waals surface area (Å²) < 4.78 is 0. The molecular formula is C13H17NO2. The summed E-state index contributed by atoms with van der Waals surface area (Å²) in [5, 5.41) is 12.2. The van der Waals surface area contributed by atoms with E-state index in [4.69, 9.17) is 5.11 Å². The number of carbonyl (C=O) groups is 1. The van der Waals surface area contributed by atoms with Gasteiger partial charge in [-0.15, -0.1) is 0 Å². The van der Waals surface area contributed by atoms with Crippen LogP contribution in [0.15, 0.2) is 18.2 Å². The maximum atomic E-state index is 10.7. The molecule has 1 saturated carbocycles. The normalized spacial score (nSPS) is 23.6. The van der Waals surface area contributed by atoms with E-state index in [1.165, 1.54) is 11.1 Å². The Kier molecular flexibility index (Phi) is 2.86. The Morgan fingerprint density at radius 3 is 2.69 bits per heavy atom. The molecule has 0 saturated heterocycles. The van der Waals surface area contributed by atoms with Crippen molar-refractivity contribution in [2.75, 3.05) is 5.32 Å². The Morgan fingerprint density at radius 2 is 2.06 bits per heavy atom. The zero-order chi connectivity index (χ0) is 11.7. The van der Waals surface area contributed by atoms with Crippen LogP contribution in [0.3, 0.4) is 0 Å². The van der Waals surface area contributed by atoms with Crippen molar-refractivity contribution in [1.82, 2.24) is 0 Å². The zero-order valence-corrected chi connectivity index (χ0v) is 9.66. The number of anilines is 1. The third kappa shape index (κ3) is 2.03. The van der Waals surface area contributed by atoms with Gasteiger partial charge in [-0.2, -0.15) is 0 Å². The third-order valence-electron chi connectivity index (χ3n) is 3.45. The van der Waals surface area contributed by atoms with Gasteiger partial charge >= 0.3 is 5.97 Å². The molecule has 0 bridgehead atoms. The van der Waals surface area contributed by atoms with Crippen LogP contribution in [0.2, 0.25) is 0 Å². The van der Waals surface area contributed by atoms with Gasteiger partial charge in [-0.3, -0.25) is 4.79 Å². The van der Waals surface area contributed by atoms with Gasteiger partial charge in [-0.05, 0) is 43.9 Å².